The Balaban J connectivity index is 1.73. The number of methoxy groups -OCH3 is 2. The molecule has 2 aliphatic heterocycles. The van der Waals surface area contributed by atoms with Gasteiger partial charge < -0.3 is 19.3 Å². The fraction of sp³-hybridized carbons (Fsp3) is 0.632. The van der Waals surface area contributed by atoms with E-state index in [0.717, 1.165) is 37.2 Å². The summed E-state index contributed by atoms with van der Waals surface area (Å²) in [6.07, 6.45) is 3.61. The van der Waals surface area contributed by atoms with Gasteiger partial charge in [-0.25, -0.2) is 0 Å². The standard InChI is InChI=1S/C19H28N2O3/c1-23-14-15-6-5-7-16(10-15)19(22)21-13-18(24-2)11-17(21)12-20-8-3-4-9-20/h5-7,10,17-18H,3-4,8-9,11-14H2,1-2H3/t17-,18-/m0/s1. The van der Waals surface area contributed by atoms with Crippen molar-refractivity contribution in [1.29, 1.82) is 0 Å². The zero-order chi connectivity index (χ0) is 16.9. The summed E-state index contributed by atoms with van der Waals surface area (Å²) in [4.78, 5) is 17.5. The fourth-order valence-electron chi connectivity index (χ4n) is 3.86. The van der Waals surface area contributed by atoms with E-state index in [9.17, 15) is 4.79 Å². The Morgan fingerprint density at radius 3 is 2.75 bits per heavy atom. The molecular formula is C19H28N2O3. The minimum Gasteiger partial charge on any atom is -0.380 e. The summed E-state index contributed by atoms with van der Waals surface area (Å²) < 4.78 is 10.7. The molecule has 0 spiro atoms. The largest absolute Gasteiger partial charge is 0.380 e. The molecule has 0 N–H and O–H groups in total. The number of amides is 1. The molecule has 2 atom stereocenters. The highest BCUT2D eigenvalue weighted by Gasteiger charge is 2.37. The zero-order valence-electron chi connectivity index (χ0n) is 14.7. The molecule has 1 amide bonds. The van der Waals surface area contributed by atoms with Crippen molar-refractivity contribution in [2.24, 2.45) is 0 Å². The van der Waals surface area contributed by atoms with E-state index >= 15 is 0 Å². The van der Waals surface area contributed by atoms with Gasteiger partial charge in [0, 0.05) is 38.9 Å². The van der Waals surface area contributed by atoms with E-state index in [1.165, 1.54) is 12.8 Å². The quantitative estimate of drug-likeness (QED) is 0.801. The van der Waals surface area contributed by atoms with Crippen molar-refractivity contribution in [3.05, 3.63) is 35.4 Å². The summed E-state index contributed by atoms with van der Waals surface area (Å²) in [6, 6.07) is 8.00. The van der Waals surface area contributed by atoms with Crippen molar-refractivity contribution in [2.75, 3.05) is 40.4 Å². The first-order chi connectivity index (χ1) is 11.7. The van der Waals surface area contributed by atoms with Crippen molar-refractivity contribution >= 4 is 5.91 Å². The van der Waals surface area contributed by atoms with Gasteiger partial charge in [0.15, 0.2) is 0 Å². The Morgan fingerprint density at radius 2 is 2.04 bits per heavy atom. The lowest BCUT2D eigenvalue weighted by Crippen LogP contribution is -2.42. The van der Waals surface area contributed by atoms with Crippen LogP contribution < -0.4 is 0 Å². The lowest BCUT2D eigenvalue weighted by molar-refractivity contribution is 0.0670. The number of hydrogen-bond acceptors (Lipinski definition) is 4. The third kappa shape index (κ3) is 3.97. The Kier molecular flexibility index (Phi) is 5.87. The van der Waals surface area contributed by atoms with Gasteiger partial charge in [-0.3, -0.25) is 4.79 Å². The van der Waals surface area contributed by atoms with E-state index in [-0.39, 0.29) is 18.1 Å². The van der Waals surface area contributed by atoms with Gasteiger partial charge in [0.2, 0.25) is 0 Å². The normalized spacial score (nSPS) is 24.7. The molecule has 0 aliphatic carbocycles. The Hall–Kier alpha value is -1.43. The summed E-state index contributed by atoms with van der Waals surface area (Å²) in [5, 5.41) is 0. The maximum atomic E-state index is 13.1. The van der Waals surface area contributed by atoms with Crippen molar-refractivity contribution in [3.8, 4) is 0 Å². The van der Waals surface area contributed by atoms with Crippen LogP contribution >= 0.6 is 0 Å². The van der Waals surface area contributed by atoms with Crippen LogP contribution in [0.4, 0.5) is 0 Å². The smallest absolute Gasteiger partial charge is 0.254 e. The molecule has 0 bridgehead atoms. The summed E-state index contributed by atoms with van der Waals surface area (Å²) >= 11 is 0. The third-order valence-electron chi connectivity index (χ3n) is 5.12. The molecule has 24 heavy (non-hydrogen) atoms. The van der Waals surface area contributed by atoms with E-state index in [1.807, 2.05) is 29.2 Å². The van der Waals surface area contributed by atoms with E-state index in [0.29, 0.717) is 13.2 Å². The third-order valence-corrected chi connectivity index (χ3v) is 5.12. The molecule has 0 unspecified atom stereocenters. The first kappa shape index (κ1) is 17.4. The Bertz CT molecular complexity index is 557. The van der Waals surface area contributed by atoms with Crippen LogP contribution in [0.1, 0.15) is 35.2 Å². The van der Waals surface area contributed by atoms with Crippen LogP contribution in [0.5, 0.6) is 0 Å². The van der Waals surface area contributed by atoms with Crippen LogP contribution in [0.2, 0.25) is 0 Å². The molecule has 1 aromatic rings. The minimum atomic E-state index is 0.108. The summed E-state index contributed by atoms with van der Waals surface area (Å²) in [7, 11) is 3.41. The number of rotatable bonds is 6. The highest BCUT2D eigenvalue weighted by Crippen LogP contribution is 2.25. The van der Waals surface area contributed by atoms with Gasteiger partial charge in [-0.15, -0.1) is 0 Å². The van der Waals surface area contributed by atoms with Gasteiger partial charge in [-0.1, -0.05) is 12.1 Å². The van der Waals surface area contributed by atoms with Gasteiger partial charge in [0.1, 0.15) is 0 Å². The van der Waals surface area contributed by atoms with Gasteiger partial charge in [0.25, 0.3) is 5.91 Å². The molecule has 2 saturated heterocycles. The average molecular weight is 332 g/mol. The van der Waals surface area contributed by atoms with Crippen LogP contribution in [0.25, 0.3) is 0 Å². The van der Waals surface area contributed by atoms with Crippen molar-refractivity contribution in [1.82, 2.24) is 9.80 Å². The molecule has 1 aromatic carbocycles. The predicted molar refractivity (Wildman–Crippen MR) is 93.1 cm³/mol. The number of ether oxygens (including phenoxy) is 2. The van der Waals surface area contributed by atoms with Crippen molar-refractivity contribution in [3.63, 3.8) is 0 Å². The first-order valence-corrected chi connectivity index (χ1v) is 8.85. The maximum absolute atomic E-state index is 13.1. The lowest BCUT2D eigenvalue weighted by atomic mass is 10.1. The second-order valence-corrected chi connectivity index (χ2v) is 6.85. The maximum Gasteiger partial charge on any atom is 0.254 e. The van der Waals surface area contributed by atoms with E-state index in [2.05, 4.69) is 4.90 Å². The van der Waals surface area contributed by atoms with Crippen molar-refractivity contribution < 1.29 is 14.3 Å². The van der Waals surface area contributed by atoms with E-state index < -0.39 is 0 Å². The minimum absolute atomic E-state index is 0.108. The van der Waals surface area contributed by atoms with Crippen LogP contribution in [-0.4, -0.2) is 68.3 Å². The summed E-state index contributed by atoms with van der Waals surface area (Å²) in [6.45, 7) is 4.48. The van der Waals surface area contributed by atoms with Crippen LogP contribution in [-0.2, 0) is 16.1 Å². The molecule has 0 radical (unpaired) electrons. The number of benzene rings is 1. The molecule has 2 fully saturated rings. The molecule has 5 nitrogen and oxygen atoms in total. The van der Waals surface area contributed by atoms with E-state index in [4.69, 9.17) is 9.47 Å². The molecular weight excluding hydrogens is 304 g/mol. The highest BCUT2D eigenvalue weighted by atomic mass is 16.5. The Morgan fingerprint density at radius 1 is 1.25 bits per heavy atom. The lowest BCUT2D eigenvalue weighted by Gasteiger charge is -2.28. The average Bonchev–Trinajstić information content (AvgIpc) is 3.25. The van der Waals surface area contributed by atoms with Crippen molar-refractivity contribution in [2.45, 2.75) is 38.0 Å². The second kappa shape index (κ2) is 8.10. The second-order valence-electron chi connectivity index (χ2n) is 6.85. The topological polar surface area (TPSA) is 42.0 Å². The van der Waals surface area contributed by atoms with Crippen LogP contribution in [0.3, 0.4) is 0 Å². The van der Waals surface area contributed by atoms with Gasteiger partial charge >= 0.3 is 0 Å². The van der Waals surface area contributed by atoms with Gasteiger partial charge in [-0.05, 0) is 50.0 Å². The van der Waals surface area contributed by atoms with E-state index in [1.54, 1.807) is 14.2 Å². The first-order valence-electron chi connectivity index (χ1n) is 8.85. The number of carbonyl (C=O) groups is 1. The highest BCUT2D eigenvalue weighted by molar-refractivity contribution is 5.94. The SMILES string of the molecule is COCc1cccc(C(=O)N2C[C@@H](OC)C[C@H]2CN2CCCC2)c1. The number of carbonyl (C=O) groups excluding carboxylic acids is 1. The number of nitrogens with zero attached hydrogens (tertiary/aromatic N) is 2. The van der Waals surface area contributed by atoms with Gasteiger partial charge in [-0.2, -0.15) is 0 Å². The van der Waals surface area contributed by atoms with Crippen LogP contribution in [0, 0.1) is 0 Å². The molecule has 0 saturated carbocycles. The predicted octanol–water partition coefficient (Wildman–Crippen LogP) is 2.16. The molecule has 2 heterocycles. The monoisotopic (exact) mass is 332 g/mol. The summed E-state index contributed by atoms with van der Waals surface area (Å²) in [5.41, 5.74) is 1.77. The summed E-state index contributed by atoms with van der Waals surface area (Å²) in [5.74, 6) is 0.108. The van der Waals surface area contributed by atoms with Crippen LogP contribution in [0.15, 0.2) is 24.3 Å². The molecule has 2 aliphatic rings. The fourth-order valence-corrected chi connectivity index (χ4v) is 3.86. The van der Waals surface area contributed by atoms with Gasteiger partial charge in [0.05, 0.1) is 12.7 Å². The number of hydrogen-bond donors (Lipinski definition) is 0. The molecule has 3 rings (SSSR count). The Labute approximate surface area is 144 Å². The number of likely N-dealkylation sites (tertiary alicyclic amines) is 2. The molecule has 5 heteroatoms. The molecule has 0 aromatic heterocycles. The molecule has 132 valence electrons. The zero-order valence-corrected chi connectivity index (χ0v) is 14.7.